The van der Waals surface area contributed by atoms with Crippen LogP contribution in [0.3, 0.4) is 0 Å². The zero-order chi connectivity index (χ0) is 15.1. The molecule has 0 spiro atoms. The molecule has 1 aromatic heterocycles. The molecule has 0 unspecified atom stereocenters. The lowest BCUT2D eigenvalue weighted by molar-refractivity contribution is -0.116. The molecule has 0 bridgehead atoms. The number of hydrogen-bond acceptors (Lipinski definition) is 2. The molecular formula is C14H17ClF2N2O. The Morgan fingerprint density at radius 2 is 2.20 bits per heavy atom. The number of fused-ring (bicyclic) bond motifs is 1. The quantitative estimate of drug-likeness (QED) is 0.801. The number of rotatable bonds is 3. The van der Waals surface area contributed by atoms with E-state index >= 15 is 0 Å². The van der Waals surface area contributed by atoms with E-state index in [-0.39, 0.29) is 29.2 Å². The van der Waals surface area contributed by atoms with Crippen LogP contribution < -0.4 is 4.90 Å². The lowest BCUT2D eigenvalue weighted by Crippen LogP contribution is -2.34. The first-order valence-electron chi connectivity index (χ1n) is 6.48. The number of hydrogen-bond donors (Lipinski definition) is 0. The predicted octanol–water partition coefficient (Wildman–Crippen LogP) is 3.45. The third-order valence-corrected chi connectivity index (χ3v) is 3.86. The van der Waals surface area contributed by atoms with E-state index in [4.69, 9.17) is 11.6 Å². The molecular weight excluding hydrogens is 286 g/mol. The number of anilines is 1. The summed E-state index contributed by atoms with van der Waals surface area (Å²) in [5.74, 6) is -3.41. The zero-order valence-electron chi connectivity index (χ0n) is 11.7. The van der Waals surface area contributed by atoms with Gasteiger partial charge in [-0.15, -0.1) is 11.6 Å². The minimum Gasteiger partial charge on any atom is -0.309 e. The minimum atomic E-state index is -2.94. The molecule has 0 aliphatic carbocycles. The maximum atomic E-state index is 13.8. The van der Waals surface area contributed by atoms with E-state index in [0.29, 0.717) is 17.9 Å². The number of carbonyl (C=O) groups is 1. The standard InChI is InChI=1S/C14H17ClF2N2O/c1-4-14(16,17)9-5-10-12(18-7-9)13(2,3)8-19(10)11(20)6-15/h5,7H,4,6,8H2,1-3H3. The van der Waals surface area contributed by atoms with Gasteiger partial charge in [0.25, 0.3) is 5.92 Å². The van der Waals surface area contributed by atoms with E-state index in [1.54, 1.807) is 0 Å². The molecule has 0 fully saturated rings. The maximum absolute atomic E-state index is 13.8. The van der Waals surface area contributed by atoms with Gasteiger partial charge in [0.1, 0.15) is 5.88 Å². The van der Waals surface area contributed by atoms with Crippen molar-refractivity contribution in [3.63, 3.8) is 0 Å². The van der Waals surface area contributed by atoms with E-state index in [1.807, 2.05) is 13.8 Å². The van der Waals surface area contributed by atoms with Crippen LogP contribution in [0.15, 0.2) is 12.3 Å². The summed E-state index contributed by atoms with van der Waals surface area (Å²) in [7, 11) is 0. The number of carbonyl (C=O) groups excluding carboxylic acids is 1. The summed E-state index contributed by atoms with van der Waals surface area (Å²) in [6, 6.07) is 1.37. The third-order valence-electron chi connectivity index (χ3n) is 3.63. The van der Waals surface area contributed by atoms with Gasteiger partial charge in [-0.1, -0.05) is 20.8 Å². The molecule has 0 saturated heterocycles. The molecule has 1 aliphatic heterocycles. The first-order chi connectivity index (χ1) is 9.23. The van der Waals surface area contributed by atoms with Crippen LogP contribution in [0, 0.1) is 0 Å². The molecule has 20 heavy (non-hydrogen) atoms. The van der Waals surface area contributed by atoms with Crippen molar-refractivity contribution in [2.75, 3.05) is 17.3 Å². The smallest absolute Gasteiger partial charge is 0.274 e. The number of nitrogens with zero attached hydrogens (tertiary/aromatic N) is 2. The van der Waals surface area contributed by atoms with E-state index in [0.717, 1.165) is 0 Å². The second kappa shape index (κ2) is 4.95. The molecule has 1 amide bonds. The highest BCUT2D eigenvalue weighted by Gasteiger charge is 2.41. The van der Waals surface area contributed by atoms with Crippen molar-refractivity contribution in [3.8, 4) is 0 Å². The van der Waals surface area contributed by atoms with Crippen LogP contribution in [0.1, 0.15) is 38.4 Å². The summed E-state index contributed by atoms with van der Waals surface area (Å²) in [6.45, 7) is 5.68. The van der Waals surface area contributed by atoms with Crippen LogP contribution in [0.4, 0.5) is 14.5 Å². The van der Waals surface area contributed by atoms with Crippen molar-refractivity contribution in [2.24, 2.45) is 0 Å². The van der Waals surface area contributed by atoms with Gasteiger partial charge in [0.15, 0.2) is 0 Å². The van der Waals surface area contributed by atoms with Gasteiger partial charge in [0.2, 0.25) is 5.91 Å². The fourth-order valence-electron chi connectivity index (χ4n) is 2.43. The summed E-state index contributed by atoms with van der Waals surface area (Å²) in [6.07, 6.45) is 0.902. The Morgan fingerprint density at radius 1 is 1.55 bits per heavy atom. The van der Waals surface area contributed by atoms with Gasteiger partial charge in [0.05, 0.1) is 11.4 Å². The van der Waals surface area contributed by atoms with Crippen LogP contribution in [0.5, 0.6) is 0 Å². The number of pyridine rings is 1. The first-order valence-corrected chi connectivity index (χ1v) is 7.01. The number of alkyl halides is 3. The Morgan fingerprint density at radius 3 is 2.75 bits per heavy atom. The fraction of sp³-hybridized carbons (Fsp3) is 0.571. The Hall–Kier alpha value is -1.23. The second-order valence-electron chi connectivity index (χ2n) is 5.65. The van der Waals surface area contributed by atoms with Crippen molar-refractivity contribution < 1.29 is 13.6 Å². The molecule has 0 atom stereocenters. The molecule has 110 valence electrons. The molecule has 2 rings (SSSR count). The van der Waals surface area contributed by atoms with Gasteiger partial charge < -0.3 is 4.90 Å². The van der Waals surface area contributed by atoms with Crippen molar-refractivity contribution in [3.05, 3.63) is 23.5 Å². The molecule has 2 heterocycles. The Kier molecular flexibility index (Phi) is 3.75. The van der Waals surface area contributed by atoms with Crippen LogP contribution in [-0.2, 0) is 16.1 Å². The number of amides is 1. The lowest BCUT2D eigenvalue weighted by Gasteiger charge is -2.19. The highest BCUT2D eigenvalue weighted by atomic mass is 35.5. The van der Waals surface area contributed by atoms with E-state index < -0.39 is 5.92 Å². The van der Waals surface area contributed by atoms with Crippen molar-refractivity contribution >= 4 is 23.2 Å². The zero-order valence-corrected chi connectivity index (χ0v) is 12.5. The van der Waals surface area contributed by atoms with E-state index in [9.17, 15) is 13.6 Å². The van der Waals surface area contributed by atoms with Crippen molar-refractivity contribution in [1.82, 2.24) is 4.98 Å². The normalized spacial score (nSPS) is 17.2. The van der Waals surface area contributed by atoms with Crippen molar-refractivity contribution in [1.29, 1.82) is 0 Å². The summed E-state index contributed by atoms with van der Waals surface area (Å²) >= 11 is 5.59. The minimum absolute atomic E-state index is 0.163. The van der Waals surface area contributed by atoms with Crippen LogP contribution in [-0.4, -0.2) is 23.3 Å². The Labute approximate surface area is 121 Å². The molecule has 1 aromatic rings. The SMILES string of the molecule is CCC(F)(F)c1cnc2c(c1)N(C(=O)CCl)CC2(C)C. The summed E-state index contributed by atoms with van der Waals surface area (Å²) in [4.78, 5) is 17.5. The predicted molar refractivity (Wildman–Crippen MR) is 74.5 cm³/mol. The second-order valence-corrected chi connectivity index (χ2v) is 5.91. The summed E-state index contributed by atoms with van der Waals surface area (Å²) in [5.41, 5.74) is 0.582. The Bertz CT molecular complexity index is 546. The van der Waals surface area contributed by atoms with Gasteiger partial charge in [-0.05, 0) is 6.07 Å². The highest BCUT2D eigenvalue weighted by Crippen LogP contribution is 2.42. The molecule has 0 radical (unpaired) electrons. The van der Waals surface area contributed by atoms with Crippen LogP contribution in [0.2, 0.25) is 0 Å². The molecule has 0 saturated carbocycles. The highest BCUT2D eigenvalue weighted by molar-refractivity contribution is 6.29. The Balaban J connectivity index is 2.53. The molecule has 1 aliphatic rings. The van der Waals surface area contributed by atoms with E-state index in [2.05, 4.69) is 4.98 Å². The van der Waals surface area contributed by atoms with Crippen molar-refractivity contribution in [2.45, 2.75) is 38.5 Å². The van der Waals surface area contributed by atoms with Gasteiger partial charge in [-0.3, -0.25) is 9.78 Å². The molecule has 0 N–H and O–H groups in total. The largest absolute Gasteiger partial charge is 0.309 e. The van der Waals surface area contributed by atoms with Gasteiger partial charge in [0, 0.05) is 30.1 Å². The van der Waals surface area contributed by atoms with E-state index in [1.165, 1.54) is 24.1 Å². The first kappa shape index (κ1) is 15.2. The molecule has 0 aromatic carbocycles. The van der Waals surface area contributed by atoms with Gasteiger partial charge in [-0.25, -0.2) is 8.78 Å². The van der Waals surface area contributed by atoms with Crippen LogP contribution >= 0.6 is 11.6 Å². The fourth-order valence-corrected chi connectivity index (χ4v) is 2.58. The molecule has 3 nitrogen and oxygen atoms in total. The molecule has 6 heteroatoms. The van der Waals surface area contributed by atoms with Gasteiger partial charge >= 0.3 is 0 Å². The van der Waals surface area contributed by atoms with Gasteiger partial charge in [-0.2, -0.15) is 0 Å². The summed E-state index contributed by atoms with van der Waals surface area (Å²) in [5, 5.41) is 0. The number of aromatic nitrogens is 1. The topological polar surface area (TPSA) is 33.2 Å². The number of halogens is 3. The maximum Gasteiger partial charge on any atom is 0.274 e. The average molecular weight is 303 g/mol. The average Bonchev–Trinajstić information content (AvgIpc) is 2.69. The van der Waals surface area contributed by atoms with Crippen LogP contribution in [0.25, 0.3) is 0 Å². The summed E-state index contributed by atoms with van der Waals surface area (Å²) < 4.78 is 27.6. The lowest BCUT2D eigenvalue weighted by atomic mass is 9.91. The third kappa shape index (κ3) is 2.39. The monoisotopic (exact) mass is 302 g/mol.